The maximum absolute atomic E-state index is 13.2. The summed E-state index contributed by atoms with van der Waals surface area (Å²) in [4.78, 5) is 0.191. The number of piperidine rings is 1. The van der Waals surface area contributed by atoms with Crippen molar-refractivity contribution in [1.82, 2.24) is 4.31 Å². The maximum atomic E-state index is 13.2. The zero-order chi connectivity index (χ0) is 13.3. The fourth-order valence-electron chi connectivity index (χ4n) is 2.15. The van der Waals surface area contributed by atoms with Crippen LogP contribution in [-0.2, 0) is 10.0 Å². The summed E-state index contributed by atoms with van der Waals surface area (Å²) < 4.78 is 39.4. The van der Waals surface area contributed by atoms with E-state index in [9.17, 15) is 12.8 Å². The third kappa shape index (κ3) is 2.57. The van der Waals surface area contributed by atoms with Gasteiger partial charge in [0.2, 0.25) is 10.0 Å². The Kier molecular flexibility index (Phi) is 3.73. The first-order chi connectivity index (χ1) is 8.41. The summed E-state index contributed by atoms with van der Waals surface area (Å²) >= 11 is 0. The summed E-state index contributed by atoms with van der Waals surface area (Å²) in [6.45, 7) is 4.82. The van der Waals surface area contributed by atoms with Crippen LogP contribution in [0.2, 0.25) is 0 Å². The maximum Gasteiger partial charge on any atom is 0.243 e. The molecule has 1 fully saturated rings. The van der Waals surface area contributed by atoms with E-state index in [2.05, 4.69) is 6.92 Å². The van der Waals surface area contributed by atoms with E-state index < -0.39 is 10.0 Å². The molecule has 0 aromatic heterocycles. The zero-order valence-corrected chi connectivity index (χ0v) is 11.5. The molecule has 1 heterocycles. The molecule has 1 aliphatic rings. The van der Waals surface area contributed by atoms with Crippen molar-refractivity contribution in [2.45, 2.75) is 31.6 Å². The van der Waals surface area contributed by atoms with Crippen molar-refractivity contribution >= 4 is 10.0 Å². The van der Waals surface area contributed by atoms with Crippen LogP contribution < -0.4 is 0 Å². The Hall–Kier alpha value is -0.940. The van der Waals surface area contributed by atoms with Crippen molar-refractivity contribution in [2.75, 3.05) is 13.1 Å². The molecule has 5 heteroatoms. The number of rotatable bonds is 2. The van der Waals surface area contributed by atoms with E-state index in [1.165, 1.54) is 22.5 Å². The molecule has 0 spiro atoms. The number of halogens is 1. The smallest absolute Gasteiger partial charge is 0.207 e. The van der Waals surface area contributed by atoms with Crippen LogP contribution in [0.25, 0.3) is 0 Å². The molecule has 0 saturated carbocycles. The van der Waals surface area contributed by atoms with Gasteiger partial charge in [0.25, 0.3) is 0 Å². The predicted octanol–water partition coefficient (Wildman–Crippen LogP) is 2.55. The summed E-state index contributed by atoms with van der Waals surface area (Å²) in [5.74, 6) is 0.202. The van der Waals surface area contributed by atoms with Crippen molar-refractivity contribution < 1.29 is 12.8 Å². The second-order valence-corrected chi connectivity index (χ2v) is 6.94. The molecular weight excluding hydrogens is 253 g/mol. The zero-order valence-electron chi connectivity index (χ0n) is 10.7. The van der Waals surface area contributed by atoms with E-state index in [4.69, 9.17) is 0 Å². The summed E-state index contributed by atoms with van der Waals surface area (Å²) in [5, 5.41) is 0. The molecule has 18 heavy (non-hydrogen) atoms. The van der Waals surface area contributed by atoms with Gasteiger partial charge in [-0.1, -0.05) is 6.92 Å². The summed E-state index contributed by atoms with van der Waals surface area (Å²) in [6, 6.07) is 3.97. The van der Waals surface area contributed by atoms with Crippen molar-refractivity contribution in [3.8, 4) is 0 Å². The number of benzene rings is 1. The lowest BCUT2D eigenvalue weighted by molar-refractivity contribution is 0.288. The molecule has 0 unspecified atom stereocenters. The van der Waals surface area contributed by atoms with E-state index in [-0.39, 0.29) is 10.7 Å². The SMILES string of the molecule is Cc1cc(S(=O)(=O)N2CCC(C)CC2)ccc1F. The Balaban J connectivity index is 2.27. The van der Waals surface area contributed by atoms with Crippen molar-refractivity contribution in [2.24, 2.45) is 5.92 Å². The minimum absolute atomic E-state index is 0.191. The topological polar surface area (TPSA) is 37.4 Å². The molecule has 0 bridgehead atoms. The van der Waals surface area contributed by atoms with Crippen LogP contribution >= 0.6 is 0 Å². The molecule has 0 N–H and O–H groups in total. The molecular formula is C13H18FNO2S. The molecule has 100 valence electrons. The van der Waals surface area contributed by atoms with E-state index in [1.54, 1.807) is 6.92 Å². The summed E-state index contributed by atoms with van der Waals surface area (Å²) in [6.07, 6.45) is 1.78. The van der Waals surface area contributed by atoms with Crippen LogP contribution in [0, 0.1) is 18.7 Å². The minimum Gasteiger partial charge on any atom is -0.207 e. The fourth-order valence-corrected chi connectivity index (χ4v) is 3.71. The van der Waals surface area contributed by atoms with Gasteiger partial charge in [0, 0.05) is 13.1 Å². The standard InChI is InChI=1S/C13H18FNO2S/c1-10-5-7-15(8-6-10)18(16,17)12-3-4-13(14)11(2)9-12/h3-4,9-10H,5-8H2,1-2H3. The van der Waals surface area contributed by atoms with E-state index in [0.717, 1.165) is 12.8 Å². The van der Waals surface area contributed by atoms with Gasteiger partial charge in [-0.3, -0.25) is 0 Å². The highest BCUT2D eigenvalue weighted by atomic mass is 32.2. The molecule has 0 atom stereocenters. The van der Waals surface area contributed by atoms with Gasteiger partial charge in [0.05, 0.1) is 4.90 Å². The van der Waals surface area contributed by atoms with E-state index in [0.29, 0.717) is 24.6 Å². The Morgan fingerprint density at radius 2 is 1.89 bits per heavy atom. The lowest BCUT2D eigenvalue weighted by Crippen LogP contribution is -2.37. The molecule has 1 aromatic rings. The van der Waals surface area contributed by atoms with Crippen LogP contribution in [-0.4, -0.2) is 25.8 Å². The van der Waals surface area contributed by atoms with Gasteiger partial charge < -0.3 is 0 Å². The van der Waals surface area contributed by atoms with Crippen molar-refractivity contribution in [3.05, 3.63) is 29.6 Å². The molecule has 0 aliphatic carbocycles. The van der Waals surface area contributed by atoms with Gasteiger partial charge in [0.15, 0.2) is 0 Å². The quantitative estimate of drug-likeness (QED) is 0.829. The van der Waals surface area contributed by atoms with Gasteiger partial charge in [-0.25, -0.2) is 12.8 Å². The number of aryl methyl sites for hydroxylation is 1. The normalized spacial score (nSPS) is 19.1. The Morgan fingerprint density at radius 1 is 1.28 bits per heavy atom. The largest absolute Gasteiger partial charge is 0.243 e. The predicted molar refractivity (Wildman–Crippen MR) is 68.3 cm³/mol. The van der Waals surface area contributed by atoms with E-state index >= 15 is 0 Å². The molecule has 0 amide bonds. The summed E-state index contributed by atoms with van der Waals surface area (Å²) in [5.41, 5.74) is 0.362. The van der Waals surface area contributed by atoms with E-state index in [1.807, 2.05) is 0 Å². The highest BCUT2D eigenvalue weighted by molar-refractivity contribution is 7.89. The van der Waals surface area contributed by atoms with Crippen LogP contribution in [0.1, 0.15) is 25.3 Å². The second kappa shape index (κ2) is 4.97. The minimum atomic E-state index is -3.46. The van der Waals surface area contributed by atoms with Gasteiger partial charge in [-0.05, 0) is 49.4 Å². The molecule has 2 rings (SSSR count). The molecule has 3 nitrogen and oxygen atoms in total. The summed E-state index contributed by atoms with van der Waals surface area (Å²) in [7, 11) is -3.46. The molecule has 1 saturated heterocycles. The lowest BCUT2D eigenvalue weighted by Gasteiger charge is -2.29. The Morgan fingerprint density at radius 3 is 2.44 bits per heavy atom. The first-order valence-corrected chi connectivity index (χ1v) is 7.61. The number of hydrogen-bond acceptors (Lipinski definition) is 2. The first kappa shape index (κ1) is 13.5. The molecule has 1 aromatic carbocycles. The second-order valence-electron chi connectivity index (χ2n) is 5.00. The first-order valence-electron chi connectivity index (χ1n) is 6.17. The molecule has 1 aliphatic heterocycles. The molecule has 0 radical (unpaired) electrons. The van der Waals surface area contributed by atoms with Crippen molar-refractivity contribution in [3.63, 3.8) is 0 Å². The lowest BCUT2D eigenvalue weighted by atomic mass is 10.0. The van der Waals surface area contributed by atoms with Gasteiger partial charge >= 0.3 is 0 Å². The Labute approximate surface area is 108 Å². The van der Waals surface area contributed by atoms with Crippen LogP contribution in [0.3, 0.4) is 0 Å². The van der Waals surface area contributed by atoms with Crippen LogP contribution in [0.5, 0.6) is 0 Å². The monoisotopic (exact) mass is 271 g/mol. The van der Waals surface area contributed by atoms with Gasteiger partial charge in [-0.15, -0.1) is 0 Å². The third-order valence-electron chi connectivity index (χ3n) is 3.51. The third-order valence-corrected chi connectivity index (χ3v) is 5.40. The number of sulfonamides is 1. The van der Waals surface area contributed by atoms with Gasteiger partial charge in [0.1, 0.15) is 5.82 Å². The average Bonchev–Trinajstić information content (AvgIpc) is 2.33. The average molecular weight is 271 g/mol. The van der Waals surface area contributed by atoms with Gasteiger partial charge in [-0.2, -0.15) is 4.31 Å². The number of nitrogens with zero attached hydrogens (tertiary/aromatic N) is 1. The highest BCUT2D eigenvalue weighted by Crippen LogP contribution is 2.24. The Bertz CT molecular complexity index is 534. The van der Waals surface area contributed by atoms with Crippen molar-refractivity contribution in [1.29, 1.82) is 0 Å². The fraction of sp³-hybridized carbons (Fsp3) is 0.538. The van der Waals surface area contributed by atoms with Crippen LogP contribution in [0.15, 0.2) is 23.1 Å². The van der Waals surface area contributed by atoms with Crippen LogP contribution in [0.4, 0.5) is 4.39 Å². The number of hydrogen-bond donors (Lipinski definition) is 0. The highest BCUT2D eigenvalue weighted by Gasteiger charge is 2.28.